The number of aromatic nitrogens is 4. The average molecular weight is 478 g/mol. The number of carbonyl (C=O) groups excluding carboxylic acids is 1. The highest BCUT2D eigenvalue weighted by Gasteiger charge is 2.32. The number of fused-ring (bicyclic) bond motifs is 1. The first-order valence-corrected chi connectivity index (χ1v) is 10.4. The number of hydrogen-bond acceptors (Lipinski definition) is 7. The Labute approximate surface area is 192 Å². The van der Waals surface area contributed by atoms with Crippen molar-refractivity contribution in [2.75, 3.05) is 17.6 Å². The summed E-state index contributed by atoms with van der Waals surface area (Å²) in [6.07, 6.45) is -2.62. The van der Waals surface area contributed by atoms with Gasteiger partial charge in [-0.3, -0.25) is 4.79 Å². The number of nitrogens with one attached hydrogen (secondary N) is 1. The smallest absolute Gasteiger partial charge is 0.399 e. The fourth-order valence-electron chi connectivity index (χ4n) is 3.63. The van der Waals surface area contributed by atoms with Gasteiger partial charge in [-0.15, -0.1) is 5.10 Å². The molecule has 1 aliphatic heterocycles. The number of nitrogen functional groups attached to an aromatic ring is 1. The molecule has 3 N–H and O–H groups in total. The van der Waals surface area contributed by atoms with Gasteiger partial charge in [0.05, 0.1) is 23.8 Å². The van der Waals surface area contributed by atoms with Gasteiger partial charge in [0.1, 0.15) is 5.82 Å². The molecule has 1 amide bonds. The molecule has 8 nitrogen and oxygen atoms in total. The van der Waals surface area contributed by atoms with Crippen molar-refractivity contribution in [3.05, 3.63) is 69.9 Å². The van der Waals surface area contributed by atoms with E-state index in [1.54, 1.807) is 24.0 Å². The predicted molar refractivity (Wildman–Crippen MR) is 115 cm³/mol. The Morgan fingerprint density at radius 1 is 1.27 bits per heavy atom. The van der Waals surface area contributed by atoms with Crippen molar-refractivity contribution < 1.29 is 18.0 Å². The van der Waals surface area contributed by atoms with Crippen LogP contribution in [0, 0.1) is 0 Å². The monoisotopic (exact) mass is 477 g/mol. The first-order chi connectivity index (χ1) is 15.6. The lowest BCUT2D eigenvalue weighted by Gasteiger charge is -2.30. The standard InChI is InChI=1S/C21H19ClF3N7O/c1-11(12-7-13(21(23,24)25)9-14(26)8-12)28-18-15-10-32(6-4-16(15)29-20(22)30-18)19(33)17-3-2-5-27-31-17/h2-3,5,7-9,11H,4,6,10,26H2,1H3,(H,28,29,30)/t11-/m1/s1. The molecule has 0 aliphatic carbocycles. The van der Waals surface area contributed by atoms with Gasteiger partial charge in [0, 0.05) is 30.4 Å². The van der Waals surface area contributed by atoms with Crippen LogP contribution < -0.4 is 11.1 Å². The molecule has 4 rings (SSSR count). The van der Waals surface area contributed by atoms with Crippen molar-refractivity contribution in [3.8, 4) is 0 Å². The highest BCUT2D eigenvalue weighted by molar-refractivity contribution is 6.28. The van der Waals surface area contributed by atoms with Crippen molar-refractivity contribution >= 4 is 29.0 Å². The van der Waals surface area contributed by atoms with Crippen molar-refractivity contribution in [1.29, 1.82) is 0 Å². The van der Waals surface area contributed by atoms with Crippen LogP contribution in [0.3, 0.4) is 0 Å². The van der Waals surface area contributed by atoms with Crippen LogP contribution in [-0.2, 0) is 19.1 Å². The zero-order valence-electron chi connectivity index (χ0n) is 17.4. The van der Waals surface area contributed by atoms with Gasteiger partial charge in [0.25, 0.3) is 5.91 Å². The first-order valence-electron chi connectivity index (χ1n) is 9.98. The van der Waals surface area contributed by atoms with Gasteiger partial charge < -0.3 is 16.0 Å². The van der Waals surface area contributed by atoms with Gasteiger partial charge in [0.2, 0.25) is 5.28 Å². The summed E-state index contributed by atoms with van der Waals surface area (Å²) in [7, 11) is 0. The topological polar surface area (TPSA) is 110 Å². The van der Waals surface area contributed by atoms with Crippen LogP contribution in [0.5, 0.6) is 0 Å². The summed E-state index contributed by atoms with van der Waals surface area (Å²) in [6.45, 7) is 2.26. The van der Waals surface area contributed by atoms with Crippen molar-refractivity contribution in [2.45, 2.75) is 32.1 Å². The van der Waals surface area contributed by atoms with Crippen LogP contribution in [0.15, 0.2) is 36.5 Å². The molecule has 0 radical (unpaired) electrons. The molecule has 1 aromatic carbocycles. The molecule has 2 aromatic heterocycles. The number of halogens is 4. The number of amides is 1. The Bertz CT molecular complexity index is 1190. The van der Waals surface area contributed by atoms with Crippen LogP contribution in [0.25, 0.3) is 0 Å². The number of benzene rings is 1. The lowest BCUT2D eigenvalue weighted by molar-refractivity contribution is -0.137. The molecule has 12 heteroatoms. The van der Waals surface area contributed by atoms with E-state index in [2.05, 4.69) is 25.5 Å². The summed E-state index contributed by atoms with van der Waals surface area (Å²) >= 11 is 6.09. The summed E-state index contributed by atoms with van der Waals surface area (Å²) < 4.78 is 39.6. The normalized spacial score (nSPS) is 14.5. The maximum absolute atomic E-state index is 13.2. The Morgan fingerprint density at radius 3 is 2.76 bits per heavy atom. The fraction of sp³-hybridized carbons (Fsp3) is 0.286. The Kier molecular flexibility index (Phi) is 6.07. The average Bonchev–Trinajstić information content (AvgIpc) is 2.78. The zero-order valence-corrected chi connectivity index (χ0v) is 18.2. The van der Waals surface area contributed by atoms with Crippen LogP contribution >= 0.6 is 11.6 Å². The molecular formula is C21H19ClF3N7O. The second-order valence-electron chi connectivity index (χ2n) is 7.60. The molecule has 172 valence electrons. The van der Waals surface area contributed by atoms with E-state index in [9.17, 15) is 18.0 Å². The van der Waals surface area contributed by atoms with Crippen molar-refractivity contribution in [1.82, 2.24) is 25.1 Å². The highest BCUT2D eigenvalue weighted by Crippen LogP contribution is 2.34. The molecule has 0 spiro atoms. The number of rotatable bonds is 4. The van der Waals surface area contributed by atoms with Gasteiger partial charge >= 0.3 is 6.18 Å². The highest BCUT2D eigenvalue weighted by atomic mass is 35.5. The Morgan fingerprint density at radius 2 is 2.06 bits per heavy atom. The minimum atomic E-state index is -4.53. The molecule has 3 heterocycles. The number of nitrogens with zero attached hydrogens (tertiary/aromatic N) is 5. The molecule has 0 saturated heterocycles. The lowest BCUT2D eigenvalue weighted by atomic mass is 10.0. The van der Waals surface area contributed by atoms with Crippen LogP contribution in [0.1, 0.15) is 45.8 Å². The summed E-state index contributed by atoms with van der Waals surface area (Å²) in [6, 6.07) is 5.99. The van der Waals surface area contributed by atoms with E-state index in [-0.39, 0.29) is 29.1 Å². The van der Waals surface area contributed by atoms with Crippen LogP contribution in [-0.4, -0.2) is 37.5 Å². The summed E-state index contributed by atoms with van der Waals surface area (Å²) in [4.78, 5) is 22.9. The molecule has 0 saturated carbocycles. The van der Waals surface area contributed by atoms with Crippen molar-refractivity contribution in [2.24, 2.45) is 0 Å². The predicted octanol–water partition coefficient (Wildman–Crippen LogP) is 3.89. The minimum Gasteiger partial charge on any atom is -0.399 e. The Hall–Kier alpha value is -3.47. The number of carbonyl (C=O) groups is 1. The molecular weight excluding hydrogens is 459 g/mol. The number of alkyl halides is 3. The fourth-order valence-corrected chi connectivity index (χ4v) is 3.82. The number of nitrogens with two attached hydrogens (primary N) is 1. The quantitative estimate of drug-likeness (QED) is 0.433. The van der Waals surface area contributed by atoms with Gasteiger partial charge in [-0.2, -0.15) is 18.3 Å². The maximum Gasteiger partial charge on any atom is 0.416 e. The number of hydrogen-bond donors (Lipinski definition) is 2. The van der Waals surface area contributed by atoms with Crippen molar-refractivity contribution in [3.63, 3.8) is 0 Å². The maximum atomic E-state index is 13.2. The van der Waals surface area contributed by atoms with E-state index in [1.165, 1.54) is 12.3 Å². The largest absolute Gasteiger partial charge is 0.416 e. The molecule has 0 unspecified atom stereocenters. The molecule has 3 aromatic rings. The summed E-state index contributed by atoms with van der Waals surface area (Å²) in [5.41, 5.74) is 6.69. The second kappa shape index (κ2) is 8.81. The summed E-state index contributed by atoms with van der Waals surface area (Å²) in [5.74, 6) is 0.0403. The molecule has 0 bridgehead atoms. The second-order valence-corrected chi connectivity index (χ2v) is 7.94. The van der Waals surface area contributed by atoms with E-state index in [1.807, 2.05) is 0 Å². The molecule has 1 atom stereocenters. The third-order valence-electron chi connectivity index (χ3n) is 5.27. The summed E-state index contributed by atoms with van der Waals surface area (Å²) in [5, 5.41) is 10.7. The first kappa shape index (κ1) is 22.7. The van der Waals surface area contributed by atoms with E-state index in [0.717, 1.165) is 12.1 Å². The van der Waals surface area contributed by atoms with Gasteiger partial charge in [-0.1, -0.05) is 0 Å². The van der Waals surface area contributed by atoms with E-state index in [0.29, 0.717) is 35.6 Å². The minimum absolute atomic E-state index is 0.000656. The van der Waals surface area contributed by atoms with E-state index in [4.69, 9.17) is 17.3 Å². The van der Waals surface area contributed by atoms with Gasteiger partial charge in [0.15, 0.2) is 5.69 Å². The SMILES string of the molecule is C[C@@H](Nc1nc(Cl)nc2c1CN(C(=O)c1cccnn1)CC2)c1cc(N)cc(C(F)(F)F)c1. The van der Waals surface area contributed by atoms with Crippen LogP contribution in [0.4, 0.5) is 24.7 Å². The zero-order chi connectivity index (χ0) is 23.8. The van der Waals surface area contributed by atoms with E-state index >= 15 is 0 Å². The molecule has 0 fully saturated rings. The third kappa shape index (κ3) is 4.98. The molecule has 1 aliphatic rings. The van der Waals surface area contributed by atoms with Crippen LogP contribution in [0.2, 0.25) is 5.28 Å². The van der Waals surface area contributed by atoms with Gasteiger partial charge in [-0.25, -0.2) is 9.97 Å². The third-order valence-corrected chi connectivity index (χ3v) is 5.44. The lowest BCUT2D eigenvalue weighted by Crippen LogP contribution is -2.37. The number of anilines is 2. The Balaban J connectivity index is 1.62. The molecule has 33 heavy (non-hydrogen) atoms. The van der Waals surface area contributed by atoms with Gasteiger partial charge in [-0.05, 0) is 54.4 Å². The van der Waals surface area contributed by atoms with E-state index < -0.39 is 17.8 Å².